The monoisotopic (exact) mass is 441 g/mol. The van der Waals surface area contributed by atoms with E-state index in [0.717, 1.165) is 37.9 Å². The first kappa shape index (κ1) is 22.3. The van der Waals surface area contributed by atoms with Crippen molar-refractivity contribution in [1.29, 1.82) is 5.26 Å². The van der Waals surface area contributed by atoms with Crippen LogP contribution in [0.4, 0.5) is 17.1 Å². The van der Waals surface area contributed by atoms with E-state index in [1.54, 1.807) is 0 Å². The number of carbonyl (C=O) groups is 1. The fourth-order valence-corrected chi connectivity index (χ4v) is 3.60. The van der Waals surface area contributed by atoms with Crippen LogP contribution >= 0.6 is 0 Å². The number of carbonyl (C=O) groups excluding carboxylic acids is 1. The third-order valence-electron chi connectivity index (χ3n) is 4.87. The van der Waals surface area contributed by atoms with E-state index in [0.29, 0.717) is 5.69 Å². The summed E-state index contributed by atoms with van der Waals surface area (Å²) in [6.45, 7) is 3.94. The lowest BCUT2D eigenvalue weighted by atomic mass is 10.2. The lowest BCUT2D eigenvalue weighted by Gasteiger charge is -2.34. The van der Waals surface area contributed by atoms with Crippen molar-refractivity contribution in [2.24, 2.45) is 0 Å². The van der Waals surface area contributed by atoms with E-state index >= 15 is 0 Å². The zero-order valence-electron chi connectivity index (χ0n) is 16.9. The molecule has 0 spiro atoms. The molecule has 162 valence electrons. The molecule has 1 amide bonds. The number of nitrogens with one attached hydrogen (secondary N) is 2. The minimum Gasteiger partial charge on any atom is -0.369 e. The number of nitrogens with zero attached hydrogens (tertiary/aromatic N) is 3. The molecule has 31 heavy (non-hydrogen) atoms. The number of anilines is 3. The van der Waals surface area contributed by atoms with Crippen LogP contribution in [0.1, 0.15) is 0 Å². The Bertz CT molecular complexity index is 1120. The standard InChI is InChI=1S/C21H23N5O4S/c1-25-9-11-26(12-10-25)19-7-5-17(6-8-19)23-15-16(14-22)21(27)24-18-3-2-4-20(13-18)31(28,29)30/h2-8,13,15,23H,9-12H2,1H3,(H,24,27)(H,28,29,30)/b16-15-. The summed E-state index contributed by atoms with van der Waals surface area (Å²) in [7, 11) is -2.29. The molecule has 9 nitrogen and oxygen atoms in total. The average molecular weight is 442 g/mol. The molecule has 0 saturated carbocycles. The van der Waals surface area contributed by atoms with Gasteiger partial charge in [0.15, 0.2) is 0 Å². The van der Waals surface area contributed by atoms with Crippen LogP contribution in [0.5, 0.6) is 0 Å². The highest BCUT2D eigenvalue weighted by Crippen LogP contribution is 2.20. The first-order valence-corrected chi connectivity index (χ1v) is 11.0. The molecule has 1 saturated heterocycles. The first-order valence-electron chi connectivity index (χ1n) is 9.55. The Morgan fingerprint density at radius 1 is 1.10 bits per heavy atom. The van der Waals surface area contributed by atoms with Gasteiger partial charge in [0.1, 0.15) is 11.6 Å². The van der Waals surface area contributed by atoms with Crippen molar-refractivity contribution in [2.45, 2.75) is 4.90 Å². The van der Waals surface area contributed by atoms with Gasteiger partial charge in [0, 0.05) is 49.4 Å². The van der Waals surface area contributed by atoms with E-state index < -0.39 is 16.0 Å². The smallest absolute Gasteiger partial charge is 0.294 e. The van der Waals surface area contributed by atoms with E-state index in [2.05, 4.69) is 27.5 Å². The zero-order chi connectivity index (χ0) is 22.4. The molecule has 10 heteroatoms. The molecule has 3 rings (SSSR count). The van der Waals surface area contributed by atoms with Crippen LogP contribution < -0.4 is 15.5 Å². The zero-order valence-corrected chi connectivity index (χ0v) is 17.8. The van der Waals surface area contributed by atoms with Crippen molar-refractivity contribution >= 4 is 33.1 Å². The molecule has 3 N–H and O–H groups in total. The fourth-order valence-electron chi connectivity index (χ4n) is 3.07. The van der Waals surface area contributed by atoms with Crippen molar-refractivity contribution in [3.8, 4) is 6.07 Å². The van der Waals surface area contributed by atoms with Crippen molar-refractivity contribution in [1.82, 2.24) is 4.90 Å². The number of hydrogen-bond donors (Lipinski definition) is 3. The number of nitriles is 1. The van der Waals surface area contributed by atoms with Crippen LogP contribution in [-0.2, 0) is 14.9 Å². The summed E-state index contributed by atoms with van der Waals surface area (Å²) in [6, 6.07) is 14.6. The Balaban J connectivity index is 1.64. The van der Waals surface area contributed by atoms with Crippen molar-refractivity contribution in [3.05, 3.63) is 60.3 Å². The van der Waals surface area contributed by atoms with E-state index in [1.807, 2.05) is 30.3 Å². The molecule has 1 fully saturated rings. The molecule has 2 aromatic rings. The minimum atomic E-state index is -4.40. The maximum absolute atomic E-state index is 12.3. The normalized spacial score (nSPS) is 15.3. The minimum absolute atomic E-state index is 0.137. The molecule has 2 aromatic carbocycles. The van der Waals surface area contributed by atoms with Gasteiger partial charge in [0.2, 0.25) is 0 Å². The van der Waals surface area contributed by atoms with Gasteiger partial charge in [-0.25, -0.2) is 0 Å². The number of rotatable bonds is 6. The average Bonchev–Trinajstić information content (AvgIpc) is 2.75. The van der Waals surface area contributed by atoms with Gasteiger partial charge in [0.25, 0.3) is 16.0 Å². The molecule has 0 radical (unpaired) electrons. The Kier molecular flexibility index (Phi) is 6.91. The Labute approximate surface area is 181 Å². The fraction of sp³-hybridized carbons (Fsp3) is 0.238. The second-order valence-corrected chi connectivity index (χ2v) is 8.53. The lowest BCUT2D eigenvalue weighted by Crippen LogP contribution is -2.44. The maximum Gasteiger partial charge on any atom is 0.294 e. The molecule has 0 aromatic heterocycles. The summed E-state index contributed by atoms with van der Waals surface area (Å²) in [5.74, 6) is -0.712. The summed E-state index contributed by atoms with van der Waals surface area (Å²) in [6.07, 6.45) is 1.28. The topological polar surface area (TPSA) is 126 Å². The van der Waals surface area contributed by atoms with Crippen LogP contribution in [-0.4, -0.2) is 57.0 Å². The highest BCUT2D eigenvalue weighted by atomic mass is 32.2. The van der Waals surface area contributed by atoms with Gasteiger partial charge in [-0.15, -0.1) is 0 Å². The number of benzene rings is 2. The van der Waals surface area contributed by atoms with Crippen LogP contribution in [0.25, 0.3) is 0 Å². The molecule has 1 aliphatic heterocycles. The highest BCUT2D eigenvalue weighted by Gasteiger charge is 2.15. The van der Waals surface area contributed by atoms with Gasteiger partial charge in [-0.3, -0.25) is 9.35 Å². The third-order valence-corrected chi connectivity index (χ3v) is 5.72. The number of amides is 1. The first-order chi connectivity index (χ1) is 14.8. The maximum atomic E-state index is 12.3. The Morgan fingerprint density at radius 3 is 2.39 bits per heavy atom. The SMILES string of the molecule is CN1CCN(c2ccc(N/C=C(/C#N)C(=O)Nc3cccc(S(=O)(=O)O)c3)cc2)CC1. The van der Waals surface area contributed by atoms with E-state index in [1.165, 1.54) is 24.4 Å². The number of piperazine rings is 1. The van der Waals surface area contributed by atoms with Crippen LogP contribution in [0.3, 0.4) is 0 Å². The molecule has 0 bridgehead atoms. The molecule has 0 atom stereocenters. The lowest BCUT2D eigenvalue weighted by molar-refractivity contribution is -0.112. The highest BCUT2D eigenvalue weighted by molar-refractivity contribution is 7.85. The summed E-state index contributed by atoms with van der Waals surface area (Å²) < 4.78 is 31.6. The van der Waals surface area contributed by atoms with E-state index in [9.17, 15) is 18.5 Å². The summed E-state index contributed by atoms with van der Waals surface area (Å²) in [4.78, 5) is 16.6. The number of hydrogen-bond acceptors (Lipinski definition) is 7. The second-order valence-electron chi connectivity index (χ2n) is 7.11. The van der Waals surface area contributed by atoms with Crippen LogP contribution in [0, 0.1) is 11.3 Å². The molecular weight excluding hydrogens is 418 g/mol. The molecule has 1 heterocycles. The van der Waals surface area contributed by atoms with Gasteiger partial charge in [-0.1, -0.05) is 6.07 Å². The second kappa shape index (κ2) is 9.61. The summed E-state index contributed by atoms with van der Waals surface area (Å²) in [5.41, 5.74) is 1.77. The summed E-state index contributed by atoms with van der Waals surface area (Å²) in [5, 5.41) is 14.7. The van der Waals surface area contributed by atoms with Crippen molar-refractivity contribution in [3.63, 3.8) is 0 Å². The third kappa shape index (κ3) is 6.05. The van der Waals surface area contributed by atoms with Crippen LogP contribution in [0.2, 0.25) is 0 Å². The molecular formula is C21H23N5O4S. The predicted molar refractivity (Wildman–Crippen MR) is 118 cm³/mol. The van der Waals surface area contributed by atoms with E-state index in [-0.39, 0.29) is 16.2 Å². The van der Waals surface area contributed by atoms with Gasteiger partial charge in [-0.2, -0.15) is 13.7 Å². The van der Waals surface area contributed by atoms with E-state index in [4.69, 9.17) is 4.55 Å². The molecule has 0 unspecified atom stereocenters. The van der Waals surface area contributed by atoms with Gasteiger partial charge >= 0.3 is 0 Å². The molecule has 0 aliphatic carbocycles. The van der Waals surface area contributed by atoms with Gasteiger partial charge in [-0.05, 0) is 49.5 Å². The number of likely N-dealkylation sites (N-methyl/N-ethyl adjacent to an activating group) is 1. The van der Waals surface area contributed by atoms with Crippen LogP contribution in [0.15, 0.2) is 65.2 Å². The largest absolute Gasteiger partial charge is 0.369 e. The predicted octanol–water partition coefficient (Wildman–Crippen LogP) is 2.14. The summed E-state index contributed by atoms with van der Waals surface area (Å²) >= 11 is 0. The Hall–Kier alpha value is -3.39. The van der Waals surface area contributed by atoms with Gasteiger partial charge in [0.05, 0.1) is 4.90 Å². The van der Waals surface area contributed by atoms with Crippen molar-refractivity contribution < 1.29 is 17.8 Å². The van der Waals surface area contributed by atoms with Gasteiger partial charge < -0.3 is 20.4 Å². The quantitative estimate of drug-likeness (QED) is 0.354. The molecule has 1 aliphatic rings. The Morgan fingerprint density at radius 2 is 1.77 bits per heavy atom. The van der Waals surface area contributed by atoms with Crippen molar-refractivity contribution in [2.75, 3.05) is 48.8 Å².